The summed E-state index contributed by atoms with van der Waals surface area (Å²) in [6.45, 7) is 20.4. The summed E-state index contributed by atoms with van der Waals surface area (Å²) >= 11 is 0. The Morgan fingerprint density at radius 1 is 0.824 bits per heavy atom. The van der Waals surface area contributed by atoms with Crippen LogP contribution in [-0.4, -0.2) is 24.7 Å². The van der Waals surface area contributed by atoms with Crippen molar-refractivity contribution in [2.45, 2.75) is 65.0 Å². The summed E-state index contributed by atoms with van der Waals surface area (Å²) in [7, 11) is -4.18. The van der Waals surface area contributed by atoms with E-state index in [-0.39, 0.29) is 0 Å². The minimum Gasteiger partial charge on any atom is -0.547 e. The van der Waals surface area contributed by atoms with Gasteiger partial charge in [0.1, 0.15) is 12.0 Å². The Hall–Kier alpha value is -0.00935. The van der Waals surface area contributed by atoms with Crippen LogP contribution in [0.15, 0.2) is 12.0 Å². The molecule has 0 aliphatic rings. The highest BCUT2D eigenvalue weighted by Gasteiger charge is 2.24. The maximum Gasteiger partial charge on any atom is 0.241 e. The number of hydrogen-bond acceptors (Lipinski definition) is 2. The van der Waals surface area contributed by atoms with Gasteiger partial charge in [0.25, 0.3) is 0 Å². The van der Waals surface area contributed by atoms with Crippen LogP contribution in [0.4, 0.5) is 0 Å². The summed E-state index contributed by atoms with van der Waals surface area (Å²) < 4.78 is 12.0. The molecule has 0 rings (SSSR count). The van der Waals surface area contributed by atoms with Crippen molar-refractivity contribution in [1.29, 1.82) is 0 Å². The number of hydrogen-bond donors (Lipinski definition) is 0. The Labute approximate surface area is 111 Å². The first-order valence-electron chi connectivity index (χ1n) is 6.34. The smallest absolute Gasteiger partial charge is 0.241 e. The summed E-state index contributed by atoms with van der Waals surface area (Å²) in [4.78, 5) is 0. The standard InChI is InChI=1S/C12H30O2Si3/c1-15(2,3)11-12(14-17(7,8)9)10-13-16(4,5)6/h10H,11H2,1-9H3. The molecule has 0 spiro atoms. The van der Waals surface area contributed by atoms with Gasteiger partial charge in [0, 0.05) is 6.04 Å². The molecule has 0 aromatic carbocycles. The highest BCUT2D eigenvalue weighted by molar-refractivity contribution is 6.77. The van der Waals surface area contributed by atoms with Crippen molar-refractivity contribution >= 4 is 24.7 Å². The van der Waals surface area contributed by atoms with Crippen molar-refractivity contribution in [3.8, 4) is 0 Å². The molecule has 0 aliphatic carbocycles. The summed E-state index contributed by atoms with van der Waals surface area (Å²) in [5.74, 6) is 1.07. The van der Waals surface area contributed by atoms with E-state index < -0.39 is 24.7 Å². The molecule has 2 nitrogen and oxygen atoms in total. The molecule has 0 aliphatic heterocycles. The fourth-order valence-corrected chi connectivity index (χ4v) is 4.00. The van der Waals surface area contributed by atoms with E-state index in [2.05, 4.69) is 58.9 Å². The van der Waals surface area contributed by atoms with Crippen molar-refractivity contribution in [2.75, 3.05) is 0 Å². The van der Waals surface area contributed by atoms with E-state index in [1.165, 1.54) is 0 Å². The largest absolute Gasteiger partial charge is 0.547 e. The topological polar surface area (TPSA) is 18.5 Å². The van der Waals surface area contributed by atoms with Gasteiger partial charge in [-0.3, -0.25) is 0 Å². The maximum absolute atomic E-state index is 6.14. The zero-order valence-corrected chi connectivity index (χ0v) is 16.1. The van der Waals surface area contributed by atoms with Gasteiger partial charge in [0.05, 0.1) is 8.07 Å². The fraction of sp³-hybridized carbons (Fsp3) is 0.833. The molecule has 0 bridgehead atoms. The molecule has 0 fully saturated rings. The van der Waals surface area contributed by atoms with Crippen molar-refractivity contribution in [3.63, 3.8) is 0 Å². The second-order valence-electron chi connectivity index (χ2n) is 7.77. The molecule has 102 valence electrons. The quantitative estimate of drug-likeness (QED) is 0.513. The van der Waals surface area contributed by atoms with Gasteiger partial charge >= 0.3 is 0 Å². The van der Waals surface area contributed by atoms with Crippen LogP contribution in [-0.2, 0) is 8.85 Å². The summed E-state index contributed by atoms with van der Waals surface area (Å²) in [6.07, 6.45) is 1.91. The van der Waals surface area contributed by atoms with Crippen LogP contribution in [0.1, 0.15) is 0 Å². The summed E-state index contributed by atoms with van der Waals surface area (Å²) in [5.41, 5.74) is 0. The Kier molecular flexibility index (Phi) is 5.75. The first-order chi connectivity index (χ1) is 7.29. The van der Waals surface area contributed by atoms with E-state index in [4.69, 9.17) is 8.85 Å². The van der Waals surface area contributed by atoms with Gasteiger partial charge in [0.2, 0.25) is 16.6 Å². The van der Waals surface area contributed by atoms with E-state index in [9.17, 15) is 0 Å². The van der Waals surface area contributed by atoms with E-state index in [0.29, 0.717) is 0 Å². The molecule has 0 atom stereocenters. The molecular formula is C12H30O2Si3. The van der Waals surface area contributed by atoms with Crippen molar-refractivity contribution in [3.05, 3.63) is 12.0 Å². The van der Waals surface area contributed by atoms with Crippen LogP contribution in [0, 0.1) is 0 Å². The molecule has 0 unspecified atom stereocenters. The van der Waals surface area contributed by atoms with Crippen LogP contribution in [0.3, 0.4) is 0 Å². The van der Waals surface area contributed by atoms with Gasteiger partial charge in [-0.1, -0.05) is 19.6 Å². The Balaban J connectivity index is 4.74. The minimum absolute atomic E-state index is 1.07. The predicted octanol–water partition coefficient (Wildman–Crippen LogP) is 4.87. The van der Waals surface area contributed by atoms with Gasteiger partial charge in [-0.15, -0.1) is 0 Å². The first-order valence-corrected chi connectivity index (χ1v) is 16.9. The first kappa shape index (κ1) is 17.0. The lowest BCUT2D eigenvalue weighted by molar-refractivity contribution is 0.376. The van der Waals surface area contributed by atoms with Gasteiger partial charge in [-0.05, 0) is 39.3 Å². The lowest BCUT2D eigenvalue weighted by Crippen LogP contribution is -2.30. The van der Waals surface area contributed by atoms with E-state index in [1.54, 1.807) is 0 Å². The molecule has 0 saturated heterocycles. The van der Waals surface area contributed by atoms with Gasteiger partial charge in [-0.2, -0.15) is 0 Å². The second kappa shape index (κ2) is 5.75. The van der Waals surface area contributed by atoms with Gasteiger partial charge in [-0.25, -0.2) is 0 Å². The van der Waals surface area contributed by atoms with Crippen LogP contribution >= 0.6 is 0 Å². The molecule has 0 amide bonds. The van der Waals surface area contributed by atoms with Crippen molar-refractivity contribution in [2.24, 2.45) is 0 Å². The third-order valence-electron chi connectivity index (χ3n) is 1.69. The number of rotatable bonds is 6. The zero-order chi connectivity index (χ0) is 13.9. The lowest BCUT2D eigenvalue weighted by atomic mass is 10.6. The Morgan fingerprint density at radius 3 is 1.59 bits per heavy atom. The maximum atomic E-state index is 6.14. The zero-order valence-electron chi connectivity index (χ0n) is 13.1. The average Bonchev–Trinajstić information content (AvgIpc) is 1.92. The molecule has 0 saturated carbocycles. The molecule has 17 heavy (non-hydrogen) atoms. The SMILES string of the molecule is C[Si](C)(C)CC(=CO[Si](C)(C)C)O[Si](C)(C)C. The van der Waals surface area contributed by atoms with Crippen LogP contribution in [0.5, 0.6) is 0 Å². The van der Waals surface area contributed by atoms with Crippen LogP contribution in [0.2, 0.25) is 65.0 Å². The molecule has 5 heteroatoms. The summed E-state index contributed by atoms with van der Waals surface area (Å²) in [6, 6.07) is 1.07. The van der Waals surface area contributed by atoms with Crippen molar-refractivity contribution in [1.82, 2.24) is 0 Å². The minimum atomic E-state index is -1.53. The molecular weight excluding hydrogens is 260 g/mol. The van der Waals surface area contributed by atoms with E-state index >= 15 is 0 Å². The average molecular weight is 291 g/mol. The Bertz CT molecular complexity index is 249. The highest BCUT2D eigenvalue weighted by atomic mass is 28.4. The summed E-state index contributed by atoms with van der Waals surface area (Å²) in [5, 5.41) is 0. The van der Waals surface area contributed by atoms with Gasteiger partial charge in [0.15, 0.2) is 0 Å². The molecule has 0 radical (unpaired) electrons. The van der Waals surface area contributed by atoms with Crippen molar-refractivity contribution < 1.29 is 8.85 Å². The highest BCUT2D eigenvalue weighted by Crippen LogP contribution is 2.22. The van der Waals surface area contributed by atoms with E-state index in [0.717, 1.165) is 11.8 Å². The monoisotopic (exact) mass is 290 g/mol. The molecule has 0 N–H and O–H groups in total. The third kappa shape index (κ3) is 12.2. The van der Waals surface area contributed by atoms with E-state index in [1.807, 2.05) is 6.26 Å². The lowest BCUT2D eigenvalue weighted by Gasteiger charge is -2.27. The number of allylic oxidation sites excluding steroid dienone is 1. The normalized spacial score (nSPS) is 14.8. The van der Waals surface area contributed by atoms with Crippen LogP contribution < -0.4 is 0 Å². The third-order valence-corrected chi connectivity index (χ3v) is 4.79. The van der Waals surface area contributed by atoms with Crippen LogP contribution in [0.25, 0.3) is 0 Å². The Morgan fingerprint density at radius 2 is 1.29 bits per heavy atom. The predicted molar refractivity (Wildman–Crippen MR) is 85.1 cm³/mol. The fourth-order valence-electron chi connectivity index (χ4n) is 1.26. The molecule has 0 aromatic heterocycles. The molecule has 0 aromatic rings. The van der Waals surface area contributed by atoms with Gasteiger partial charge < -0.3 is 8.85 Å². The molecule has 0 heterocycles. The second-order valence-corrected chi connectivity index (χ2v) is 22.1.